The number of hydrogen-bond acceptors (Lipinski definition) is 3. The first-order valence-electron chi connectivity index (χ1n) is 7.68. The number of sulfonamides is 1. The molecule has 5 nitrogen and oxygen atoms in total. The van der Waals surface area contributed by atoms with E-state index in [0.29, 0.717) is 18.7 Å². The fourth-order valence-electron chi connectivity index (χ4n) is 2.93. The number of nitrogens with one attached hydrogen (secondary N) is 1. The van der Waals surface area contributed by atoms with Crippen LogP contribution in [0.4, 0.5) is 4.39 Å². The lowest BCUT2D eigenvalue weighted by molar-refractivity contribution is 0.257. The van der Waals surface area contributed by atoms with Gasteiger partial charge < -0.3 is 4.98 Å². The SMILES string of the molecule is O=S(=O)(Cc1cccc(F)c1)N1CC(c2nc3ccccc3[nH]2)C1. The number of fused-ring (bicyclic) bond motifs is 1. The normalized spacial score (nSPS) is 16.4. The summed E-state index contributed by atoms with van der Waals surface area (Å²) in [6.07, 6.45) is 0. The lowest BCUT2D eigenvalue weighted by Crippen LogP contribution is -2.49. The molecule has 0 amide bonds. The van der Waals surface area contributed by atoms with Gasteiger partial charge in [-0.05, 0) is 29.8 Å². The van der Waals surface area contributed by atoms with E-state index in [2.05, 4.69) is 9.97 Å². The number of nitrogens with zero attached hydrogens (tertiary/aromatic N) is 2. The number of H-pyrrole nitrogens is 1. The third-order valence-corrected chi connectivity index (χ3v) is 6.06. The van der Waals surface area contributed by atoms with Crippen molar-refractivity contribution in [1.82, 2.24) is 14.3 Å². The second kappa shape index (κ2) is 5.68. The van der Waals surface area contributed by atoms with Crippen molar-refractivity contribution in [3.05, 3.63) is 65.7 Å². The molecule has 0 atom stereocenters. The molecule has 2 heterocycles. The fraction of sp³-hybridized carbons (Fsp3) is 0.235. The maximum absolute atomic E-state index is 13.2. The van der Waals surface area contributed by atoms with E-state index in [9.17, 15) is 12.8 Å². The van der Waals surface area contributed by atoms with Gasteiger partial charge in [0.2, 0.25) is 10.0 Å². The first-order valence-corrected chi connectivity index (χ1v) is 9.29. The molecular weight excluding hydrogens is 329 g/mol. The molecule has 2 aromatic carbocycles. The number of rotatable bonds is 4. The van der Waals surface area contributed by atoms with E-state index < -0.39 is 15.8 Å². The van der Waals surface area contributed by atoms with E-state index in [1.54, 1.807) is 6.07 Å². The van der Waals surface area contributed by atoms with Crippen LogP contribution in [0.1, 0.15) is 17.3 Å². The maximum Gasteiger partial charge on any atom is 0.218 e. The standard InChI is InChI=1S/C17H16FN3O2S/c18-14-5-3-4-12(8-14)11-24(22,23)21-9-13(10-21)17-19-15-6-1-2-7-16(15)20-17/h1-8,13H,9-11H2,(H,19,20). The molecule has 0 radical (unpaired) electrons. The van der Waals surface area contributed by atoms with Gasteiger partial charge in [0.1, 0.15) is 11.6 Å². The van der Waals surface area contributed by atoms with E-state index in [0.717, 1.165) is 16.9 Å². The summed E-state index contributed by atoms with van der Waals surface area (Å²) in [7, 11) is -3.44. The van der Waals surface area contributed by atoms with Crippen molar-refractivity contribution in [2.24, 2.45) is 0 Å². The average Bonchev–Trinajstić information content (AvgIpc) is 2.87. The molecule has 3 aromatic rings. The van der Waals surface area contributed by atoms with Crippen LogP contribution in [0.2, 0.25) is 0 Å². The third-order valence-electron chi connectivity index (χ3n) is 4.27. The number of aromatic nitrogens is 2. The second-order valence-corrected chi connectivity index (χ2v) is 8.01. The van der Waals surface area contributed by atoms with Gasteiger partial charge in [-0.15, -0.1) is 0 Å². The Morgan fingerprint density at radius 3 is 2.71 bits per heavy atom. The average molecular weight is 345 g/mol. The minimum atomic E-state index is -3.44. The van der Waals surface area contributed by atoms with Crippen LogP contribution in [0.25, 0.3) is 11.0 Å². The third kappa shape index (κ3) is 2.81. The molecule has 0 spiro atoms. The van der Waals surface area contributed by atoms with Crippen molar-refractivity contribution in [2.45, 2.75) is 11.7 Å². The van der Waals surface area contributed by atoms with Crippen molar-refractivity contribution in [1.29, 1.82) is 0 Å². The monoisotopic (exact) mass is 345 g/mol. The Labute approximate surface area is 139 Å². The highest BCUT2D eigenvalue weighted by molar-refractivity contribution is 7.88. The van der Waals surface area contributed by atoms with Crippen LogP contribution in [-0.4, -0.2) is 35.8 Å². The molecule has 0 saturated carbocycles. The van der Waals surface area contributed by atoms with Crippen LogP contribution in [0.3, 0.4) is 0 Å². The molecule has 1 fully saturated rings. The minimum absolute atomic E-state index is 0.0692. The first-order chi connectivity index (χ1) is 11.5. The lowest BCUT2D eigenvalue weighted by atomic mass is 10.0. The van der Waals surface area contributed by atoms with E-state index >= 15 is 0 Å². The van der Waals surface area contributed by atoms with Crippen LogP contribution in [0.5, 0.6) is 0 Å². The van der Waals surface area contributed by atoms with Crippen molar-refractivity contribution in [2.75, 3.05) is 13.1 Å². The summed E-state index contributed by atoms with van der Waals surface area (Å²) in [5, 5.41) is 0. The predicted octanol–water partition coefficient (Wildman–Crippen LogP) is 2.63. The summed E-state index contributed by atoms with van der Waals surface area (Å²) in [6, 6.07) is 13.4. The molecule has 1 aliphatic heterocycles. The Balaban J connectivity index is 1.46. The van der Waals surface area contributed by atoms with E-state index in [1.807, 2.05) is 24.3 Å². The molecule has 0 bridgehead atoms. The molecule has 0 aliphatic carbocycles. The zero-order valence-electron chi connectivity index (χ0n) is 12.8. The maximum atomic E-state index is 13.2. The zero-order valence-corrected chi connectivity index (χ0v) is 13.6. The molecule has 7 heteroatoms. The minimum Gasteiger partial charge on any atom is -0.342 e. The van der Waals surface area contributed by atoms with Crippen molar-refractivity contribution in [3.63, 3.8) is 0 Å². The Hall–Kier alpha value is -2.25. The number of benzene rings is 2. The highest BCUT2D eigenvalue weighted by Gasteiger charge is 2.38. The van der Waals surface area contributed by atoms with E-state index in [4.69, 9.17) is 0 Å². The number of hydrogen-bond donors (Lipinski definition) is 1. The van der Waals surface area contributed by atoms with Gasteiger partial charge in [-0.1, -0.05) is 24.3 Å². The van der Waals surface area contributed by atoms with Crippen LogP contribution in [-0.2, 0) is 15.8 Å². The number of halogens is 1. The first kappa shape index (κ1) is 15.3. The van der Waals surface area contributed by atoms with Gasteiger partial charge >= 0.3 is 0 Å². The molecule has 1 N–H and O–H groups in total. The van der Waals surface area contributed by atoms with Crippen molar-refractivity contribution >= 4 is 21.1 Å². The zero-order chi connectivity index (χ0) is 16.7. The highest BCUT2D eigenvalue weighted by Crippen LogP contribution is 2.30. The number of aromatic amines is 1. The molecule has 124 valence electrons. The smallest absolute Gasteiger partial charge is 0.218 e. The lowest BCUT2D eigenvalue weighted by Gasteiger charge is -2.36. The summed E-state index contributed by atoms with van der Waals surface area (Å²) in [5.74, 6) is 0.275. The molecular formula is C17H16FN3O2S. The molecule has 1 aliphatic rings. The molecule has 4 rings (SSSR count). The summed E-state index contributed by atoms with van der Waals surface area (Å²) < 4.78 is 39.5. The van der Waals surface area contributed by atoms with E-state index in [-0.39, 0.29) is 11.7 Å². The Kier molecular flexibility index (Phi) is 3.62. The molecule has 0 unspecified atom stereocenters. The van der Waals surface area contributed by atoms with Crippen LogP contribution in [0, 0.1) is 5.82 Å². The number of para-hydroxylation sites is 2. The van der Waals surface area contributed by atoms with Crippen LogP contribution in [0.15, 0.2) is 48.5 Å². The Morgan fingerprint density at radius 1 is 1.17 bits per heavy atom. The van der Waals surface area contributed by atoms with Gasteiger partial charge in [0.15, 0.2) is 0 Å². The van der Waals surface area contributed by atoms with Crippen LogP contribution < -0.4 is 0 Å². The summed E-state index contributed by atoms with van der Waals surface area (Å²) in [4.78, 5) is 7.76. The fourth-order valence-corrected chi connectivity index (χ4v) is 4.53. The van der Waals surface area contributed by atoms with Gasteiger partial charge in [-0.3, -0.25) is 0 Å². The quantitative estimate of drug-likeness (QED) is 0.790. The van der Waals surface area contributed by atoms with Crippen molar-refractivity contribution in [3.8, 4) is 0 Å². The van der Waals surface area contributed by atoms with Gasteiger partial charge in [0.05, 0.1) is 16.8 Å². The van der Waals surface area contributed by atoms with Gasteiger partial charge in [-0.25, -0.2) is 22.1 Å². The largest absolute Gasteiger partial charge is 0.342 e. The topological polar surface area (TPSA) is 66.1 Å². The van der Waals surface area contributed by atoms with Gasteiger partial charge in [0, 0.05) is 19.0 Å². The van der Waals surface area contributed by atoms with Gasteiger partial charge in [-0.2, -0.15) is 0 Å². The van der Waals surface area contributed by atoms with Crippen LogP contribution >= 0.6 is 0 Å². The summed E-state index contributed by atoms with van der Waals surface area (Å²) in [6.45, 7) is 0.801. The summed E-state index contributed by atoms with van der Waals surface area (Å²) >= 11 is 0. The Morgan fingerprint density at radius 2 is 1.96 bits per heavy atom. The Bertz CT molecular complexity index is 961. The van der Waals surface area contributed by atoms with Gasteiger partial charge in [0.25, 0.3) is 0 Å². The van der Waals surface area contributed by atoms with E-state index in [1.165, 1.54) is 22.5 Å². The summed E-state index contributed by atoms with van der Waals surface area (Å²) in [5.41, 5.74) is 2.30. The molecule has 1 saturated heterocycles. The number of imidazole rings is 1. The predicted molar refractivity (Wildman–Crippen MR) is 89.4 cm³/mol. The second-order valence-electron chi connectivity index (χ2n) is 6.04. The van der Waals surface area contributed by atoms with Crippen molar-refractivity contribution < 1.29 is 12.8 Å². The molecule has 1 aromatic heterocycles. The molecule has 24 heavy (non-hydrogen) atoms. The highest BCUT2D eigenvalue weighted by atomic mass is 32.2.